The van der Waals surface area contributed by atoms with Crippen molar-refractivity contribution in [2.45, 2.75) is 19.8 Å². The number of aliphatic hydroxyl groups is 1. The number of hydrogen-bond acceptors (Lipinski definition) is 5. The fourth-order valence-corrected chi connectivity index (χ4v) is 3.10. The summed E-state index contributed by atoms with van der Waals surface area (Å²) in [5.74, 6) is -2.49. The lowest BCUT2D eigenvalue weighted by Crippen LogP contribution is -2.31. The van der Waals surface area contributed by atoms with Crippen LogP contribution < -0.4 is 4.90 Å². The number of ether oxygens (including phenoxy) is 1. The average Bonchev–Trinajstić information content (AvgIpc) is 2.96. The van der Waals surface area contributed by atoms with Gasteiger partial charge in [-0.25, -0.2) is 9.29 Å². The Labute approximate surface area is 160 Å². The van der Waals surface area contributed by atoms with Crippen LogP contribution >= 0.6 is 0 Å². The van der Waals surface area contributed by atoms with Gasteiger partial charge in [0.15, 0.2) is 0 Å². The molecule has 0 aliphatic carbocycles. The first-order chi connectivity index (χ1) is 13.3. The van der Waals surface area contributed by atoms with Crippen LogP contribution in [0.5, 0.6) is 0 Å². The predicted octanol–water partition coefficient (Wildman–Crippen LogP) is 3.25. The van der Waals surface area contributed by atoms with Crippen molar-refractivity contribution >= 4 is 34.8 Å². The van der Waals surface area contributed by atoms with Gasteiger partial charge in [0.2, 0.25) is 5.91 Å². The summed E-state index contributed by atoms with van der Waals surface area (Å²) in [7, 11) is 1.32. The summed E-state index contributed by atoms with van der Waals surface area (Å²) in [6.07, 6.45) is 0.706. The molecule has 1 aliphatic heterocycles. The van der Waals surface area contributed by atoms with Crippen LogP contribution in [0.4, 0.5) is 10.1 Å². The fourth-order valence-electron chi connectivity index (χ4n) is 3.10. The Hall–Kier alpha value is -3.48. The molecule has 1 N–H and O–H groups in total. The molecule has 1 heterocycles. The van der Waals surface area contributed by atoms with Crippen molar-refractivity contribution in [3.63, 3.8) is 0 Å². The summed E-state index contributed by atoms with van der Waals surface area (Å²) in [6.45, 7) is 1.20. The maximum absolute atomic E-state index is 13.6. The number of rotatable bonds is 4. The summed E-state index contributed by atoms with van der Waals surface area (Å²) < 4.78 is 18.2. The zero-order valence-electron chi connectivity index (χ0n) is 15.4. The van der Waals surface area contributed by atoms with E-state index in [1.807, 2.05) is 0 Å². The number of methoxy groups -OCH3 is 1. The topological polar surface area (TPSA) is 83.9 Å². The fraction of sp³-hybridized carbons (Fsp3) is 0.190. The summed E-state index contributed by atoms with van der Waals surface area (Å²) in [5.41, 5.74) is 1.55. The van der Waals surface area contributed by atoms with Gasteiger partial charge in [-0.05, 0) is 30.2 Å². The van der Waals surface area contributed by atoms with Gasteiger partial charge in [-0.3, -0.25) is 14.4 Å². The SMILES string of the molecule is COC(=O)CCc1ccc(C(O)=C2C(=O)N(C(C)=O)c3cc(F)ccc32)cc1. The van der Waals surface area contributed by atoms with E-state index in [2.05, 4.69) is 4.74 Å². The highest BCUT2D eigenvalue weighted by Crippen LogP contribution is 2.40. The standard InChI is InChI=1S/C21H18FNO5/c1-12(24)23-17-11-15(22)8-9-16(17)19(21(23)27)20(26)14-6-3-13(4-7-14)5-10-18(25)28-2/h3-4,6-9,11,26H,5,10H2,1-2H3. The van der Waals surface area contributed by atoms with Crippen molar-refractivity contribution in [1.82, 2.24) is 0 Å². The van der Waals surface area contributed by atoms with Gasteiger partial charge in [0.1, 0.15) is 11.6 Å². The van der Waals surface area contributed by atoms with Crippen LogP contribution in [0, 0.1) is 5.82 Å². The molecule has 7 heteroatoms. The van der Waals surface area contributed by atoms with E-state index in [0.29, 0.717) is 12.0 Å². The van der Waals surface area contributed by atoms with Gasteiger partial charge in [-0.1, -0.05) is 24.3 Å². The van der Waals surface area contributed by atoms with Gasteiger partial charge in [-0.2, -0.15) is 0 Å². The number of anilines is 1. The summed E-state index contributed by atoms with van der Waals surface area (Å²) in [4.78, 5) is 36.7. The number of halogens is 1. The van der Waals surface area contributed by atoms with Crippen molar-refractivity contribution in [1.29, 1.82) is 0 Å². The number of aryl methyl sites for hydroxylation is 1. The number of imide groups is 1. The molecule has 0 saturated heterocycles. The highest BCUT2D eigenvalue weighted by atomic mass is 19.1. The van der Waals surface area contributed by atoms with Gasteiger partial charge >= 0.3 is 5.97 Å². The molecule has 0 atom stereocenters. The van der Waals surface area contributed by atoms with Crippen molar-refractivity contribution in [3.8, 4) is 0 Å². The minimum atomic E-state index is -0.708. The minimum Gasteiger partial charge on any atom is -0.506 e. The van der Waals surface area contributed by atoms with Crippen LogP contribution in [0.25, 0.3) is 11.3 Å². The molecular formula is C21H18FNO5. The van der Waals surface area contributed by atoms with Gasteiger partial charge in [0, 0.05) is 24.5 Å². The molecule has 0 radical (unpaired) electrons. The van der Waals surface area contributed by atoms with Crippen LogP contribution in [0.3, 0.4) is 0 Å². The van der Waals surface area contributed by atoms with Crippen molar-refractivity contribution in [2.24, 2.45) is 0 Å². The average molecular weight is 383 g/mol. The highest BCUT2D eigenvalue weighted by Gasteiger charge is 2.38. The van der Waals surface area contributed by atoms with E-state index in [4.69, 9.17) is 0 Å². The Balaban J connectivity index is 1.98. The van der Waals surface area contributed by atoms with E-state index in [-0.39, 0.29) is 35.0 Å². The molecule has 6 nitrogen and oxygen atoms in total. The molecule has 2 aromatic rings. The normalized spacial score (nSPS) is 14.7. The number of amides is 2. The number of aliphatic hydroxyl groups excluding tert-OH is 1. The highest BCUT2D eigenvalue weighted by molar-refractivity contribution is 6.42. The monoisotopic (exact) mass is 383 g/mol. The van der Waals surface area contributed by atoms with Crippen LogP contribution in [-0.2, 0) is 25.5 Å². The van der Waals surface area contributed by atoms with Gasteiger partial charge in [0.25, 0.3) is 5.91 Å². The third-order valence-corrected chi connectivity index (χ3v) is 4.51. The second-order valence-electron chi connectivity index (χ2n) is 6.32. The Bertz CT molecular complexity index is 994. The maximum atomic E-state index is 13.6. The van der Waals surface area contributed by atoms with E-state index in [0.717, 1.165) is 16.5 Å². The van der Waals surface area contributed by atoms with E-state index >= 15 is 0 Å². The van der Waals surface area contributed by atoms with Crippen LogP contribution in [0.15, 0.2) is 42.5 Å². The first-order valence-corrected chi connectivity index (χ1v) is 8.57. The van der Waals surface area contributed by atoms with Gasteiger partial charge < -0.3 is 9.84 Å². The number of esters is 1. The molecule has 2 aromatic carbocycles. The molecule has 2 amide bonds. The zero-order valence-corrected chi connectivity index (χ0v) is 15.4. The lowest BCUT2D eigenvalue weighted by atomic mass is 10.0. The summed E-state index contributed by atoms with van der Waals surface area (Å²) in [6, 6.07) is 10.3. The van der Waals surface area contributed by atoms with Crippen LogP contribution in [0.2, 0.25) is 0 Å². The number of benzene rings is 2. The Morgan fingerprint density at radius 2 is 1.82 bits per heavy atom. The molecule has 144 valence electrons. The molecule has 0 bridgehead atoms. The van der Waals surface area contributed by atoms with Crippen molar-refractivity contribution < 1.29 is 28.6 Å². The zero-order chi connectivity index (χ0) is 20.4. The Kier molecular flexibility index (Phi) is 5.26. The molecule has 0 spiro atoms. The van der Waals surface area contributed by atoms with Crippen LogP contribution in [-0.4, -0.2) is 30.0 Å². The second-order valence-corrected chi connectivity index (χ2v) is 6.32. The number of nitrogens with zero attached hydrogens (tertiary/aromatic N) is 1. The van der Waals surface area contributed by atoms with E-state index in [1.54, 1.807) is 24.3 Å². The van der Waals surface area contributed by atoms with Gasteiger partial charge in [0.05, 0.1) is 18.4 Å². The molecule has 28 heavy (non-hydrogen) atoms. The lowest BCUT2D eigenvalue weighted by molar-refractivity contribution is -0.140. The van der Waals surface area contributed by atoms with Crippen molar-refractivity contribution in [3.05, 3.63) is 65.0 Å². The maximum Gasteiger partial charge on any atom is 0.305 e. The van der Waals surface area contributed by atoms with E-state index in [9.17, 15) is 23.9 Å². The second kappa shape index (κ2) is 7.64. The predicted molar refractivity (Wildman–Crippen MR) is 101 cm³/mol. The summed E-state index contributed by atoms with van der Waals surface area (Å²) >= 11 is 0. The number of carbonyl (C=O) groups is 3. The lowest BCUT2D eigenvalue weighted by Gasteiger charge is -2.12. The molecule has 1 aliphatic rings. The van der Waals surface area contributed by atoms with Gasteiger partial charge in [-0.15, -0.1) is 0 Å². The molecule has 0 fully saturated rings. The summed E-state index contributed by atoms with van der Waals surface area (Å²) in [5, 5.41) is 10.7. The van der Waals surface area contributed by atoms with Crippen LogP contribution in [0.1, 0.15) is 30.0 Å². The Morgan fingerprint density at radius 1 is 1.14 bits per heavy atom. The third kappa shape index (κ3) is 3.51. The quantitative estimate of drug-likeness (QED) is 0.498. The molecular weight excluding hydrogens is 365 g/mol. The number of hydrogen-bond donors (Lipinski definition) is 1. The third-order valence-electron chi connectivity index (χ3n) is 4.51. The minimum absolute atomic E-state index is 0.0625. The molecule has 0 unspecified atom stereocenters. The smallest absolute Gasteiger partial charge is 0.305 e. The van der Waals surface area contributed by atoms with E-state index < -0.39 is 17.6 Å². The van der Waals surface area contributed by atoms with E-state index in [1.165, 1.54) is 26.2 Å². The molecule has 0 saturated carbocycles. The Morgan fingerprint density at radius 3 is 2.43 bits per heavy atom. The number of fused-ring (bicyclic) bond motifs is 1. The largest absolute Gasteiger partial charge is 0.506 e. The first kappa shape index (κ1) is 19.3. The van der Waals surface area contributed by atoms with Crippen molar-refractivity contribution in [2.75, 3.05) is 12.0 Å². The molecule has 3 rings (SSSR count). The molecule has 0 aromatic heterocycles. The first-order valence-electron chi connectivity index (χ1n) is 8.57. The number of carbonyl (C=O) groups excluding carboxylic acids is 3.